The maximum atomic E-state index is 13.4. The largest absolute Gasteiger partial charge is 0.507 e. The SMILES string of the molecule is O=C1C(=O)N(c2nncs2)[C@@H](c2ccc(F)cc2)/C1=C(\O)c1ccc(F)cc1. The van der Waals surface area contributed by atoms with Crippen LogP contribution in [0.3, 0.4) is 0 Å². The zero-order valence-electron chi connectivity index (χ0n) is 14.0. The van der Waals surface area contributed by atoms with Gasteiger partial charge in [0.2, 0.25) is 5.13 Å². The Labute approximate surface area is 161 Å². The van der Waals surface area contributed by atoms with Gasteiger partial charge in [-0.3, -0.25) is 14.5 Å². The molecule has 1 aliphatic rings. The predicted molar refractivity (Wildman–Crippen MR) is 97.5 cm³/mol. The van der Waals surface area contributed by atoms with Crippen LogP contribution >= 0.6 is 11.3 Å². The van der Waals surface area contributed by atoms with Crippen LogP contribution in [0.1, 0.15) is 17.2 Å². The fourth-order valence-electron chi connectivity index (χ4n) is 3.03. The minimum absolute atomic E-state index is 0.162. The molecule has 0 bridgehead atoms. The maximum Gasteiger partial charge on any atom is 0.301 e. The average Bonchev–Trinajstić information content (AvgIpc) is 3.30. The van der Waals surface area contributed by atoms with E-state index in [9.17, 15) is 23.5 Å². The van der Waals surface area contributed by atoms with Gasteiger partial charge < -0.3 is 5.11 Å². The number of carbonyl (C=O) groups excluding carboxylic acids is 2. The van der Waals surface area contributed by atoms with Crippen molar-refractivity contribution >= 4 is 33.9 Å². The normalized spacial score (nSPS) is 18.6. The van der Waals surface area contributed by atoms with Gasteiger partial charge in [0.05, 0.1) is 11.6 Å². The lowest BCUT2D eigenvalue weighted by molar-refractivity contribution is -0.132. The Morgan fingerprint density at radius 2 is 1.61 bits per heavy atom. The second-order valence-electron chi connectivity index (χ2n) is 5.95. The minimum atomic E-state index is -1.03. The molecule has 6 nitrogen and oxygen atoms in total. The smallest absolute Gasteiger partial charge is 0.301 e. The first-order chi connectivity index (χ1) is 13.5. The van der Waals surface area contributed by atoms with Crippen molar-refractivity contribution in [3.63, 3.8) is 0 Å². The molecule has 0 saturated carbocycles. The van der Waals surface area contributed by atoms with Crippen LogP contribution in [-0.4, -0.2) is 27.0 Å². The molecule has 1 fully saturated rings. The van der Waals surface area contributed by atoms with E-state index < -0.39 is 35.1 Å². The number of aliphatic hydroxyl groups excluding tert-OH is 1. The fraction of sp³-hybridized carbons (Fsp3) is 0.0526. The highest BCUT2D eigenvalue weighted by atomic mass is 32.1. The van der Waals surface area contributed by atoms with Gasteiger partial charge in [-0.15, -0.1) is 10.2 Å². The summed E-state index contributed by atoms with van der Waals surface area (Å²) in [4.78, 5) is 26.5. The number of halogens is 2. The topological polar surface area (TPSA) is 83.4 Å². The molecule has 4 rings (SSSR count). The van der Waals surface area contributed by atoms with Crippen LogP contribution in [-0.2, 0) is 9.59 Å². The molecule has 2 heterocycles. The summed E-state index contributed by atoms with van der Waals surface area (Å²) in [6.07, 6.45) is 0. The number of amides is 1. The number of benzene rings is 2. The van der Waals surface area contributed by atoms with E-state index in [2.05, 4.69) is 10.2 Å². The highest BCUT2D eigenvalue weighted by Gasteiger charge is 2.48. The number of nitrogens with zero attached hydrogens (tertiary/aromatic N) is 3. The highest BCUT2D eigenvalue weighted by molar-refractivity contribution is 7.13. The van der Waals surface area contributed by atoms with Gasteiger partial charge in [-0.25, -0.2) is 8.78 Å². The number of aromatic nitrogens is 2. The molecule has 0 aliphatic carbocycles. The van der Waals surface area contributed by atoms with E-state index >= 15 is 0 Å². The van der Waals surface area contributed by atoms with Gasteiger partial charge in [-0.1, -0.05) is 23.5 Å². The Balaban J connectivity index is 1.93. The van der Waals surface area contributed by atoms with E-state index in [0.717, 1.165) is 28.4 Å². The van der Waals surface area contributed by atoms with Crippen molar-refractivity contribution in [2.45, 2.75) is 6.04 Å². The van der Waals surface area contributed by atoms with Gasteiger partial charge in [-0.2, -0.15) is 0 Å². The second-order valence-corrected chi connectivity index (χ2v) is 6.76. The van der Waals surface area contributed by atoms with E-state index in [4.69, 9.17) is 0 Å². The number of hydrogen-bond acceptors (Lipinski definition) is 6. The summed E-state index contributed by atoms with van der Waals surface area (Å²) in [6, 6.07) is 9.02. The first kappa shape index (κ1) is 17.9. The Bertz CT molecular complexity index is 1080. The number of aliphatic hydroxyl groups is 1. The molecule has 1 amide bonds. The van der Waals surface area contributed by atoms with Crippen LogP contribution in [0, 0.1) is 11.6 Å². The summed E-state index contributed by atoms with van der Waals surface area (Å²) in [5, 5.41) is 18.5. The molecule has 2 aromatic carbocycles. The third-order valence-electron chi connectivity index (χ3n) is 4.30. The summed E-state index contributed by atoms with van der Waals surface area (Å²) in [7, 11) is 0. The Hall–Kier alpha value is -3.46. The summed E-state index contributed by atoms with van der Waals surface area (Å²) in [5.41, 5.74) is 1.78. The quantitative estimate of drug-likeness (QED) is 0.414. The van der Waals surface area contributed by atoms with Gasteiger partial charge in [0, 0.05) is 5.56 Å². The molecule has 9 heteroatoms. The van der Waals surface area contributed by atoms with Crippen molar-refractivity contribution in [2.75, 3.05) is 4.90 Å². The molecule has 140 valence electrons. The van der Waals surface area contributed by atoms with Crippen molar-refractivity contribution in [1.29, 1.82) is 0 Å². The summed E-state index contributed by atoms with van der Waals surface area (Å²) in [5.74, 6) is -3.28. The van der Waals surface area contributed by atoms with E-state index in [1.807, 2.05) is 0 Å². The number of rotatable bonds is 3. The van der Waals surface area contributed by atoms with Crippen LogP contribution in [0.4, 0.5) is 13.9 Å². The van der Waals surface area contributed by atoms with Gasteiger partial charge in [0.25, 0.3) is 5.78 Å². The number of ketones is 1. The monoisotopic (exact) mass is 399 g/mol. The zero-order valence-corrected chi connectivity index (χ0v) is 14.9. The lowest BCUT2D eigenvalue weighted by Gasteiger charge is -2.22. The molecule has 1 aliphatic heterocycles. The van der Waals surface area contributed by atoms with Crippen LogP contribution < -0.4 is 4.90 Å². The fourth-order valence-corrected chi connectivity index (χ4v) is 3.61. The van der Waals surface area contributed by atoms with E-state index in [1.54, 1.807) is 0 Å². The Morgan fingerprint density at radius 3 is 2.18 bits per heavy atom. The lowest BCUT2D eigenvalue weighted by atomic mass is 9.95. The average molecular weight is 399 g/mol. The standard InChI is InChI=1S/C19H11F2N3O3S/c20-12-5-1-10(2-6-12)15-14(16(25)11-3-7-13(21)8-4-11)17(26)18(27)24(15)19-23-22-9-28-19/h1-9,15,25H/b16-14+/t15-/m0/s1. The third kappa shape index (κ3) is 2.95. The first-order valence-electron chi connectivity index (χ1n) is 8.06. The van der Waals surface area contributed by atoms with Crippen molar-refractivity contribution in [3.05, 3.63) is 82.4 Å². The maximum absolute atomic E-state index is 13.4. The van der Waals surface area contributed by atoms with E-state index in [1.165, 1.54) is 41.9 Å². The molecule has 1 saturated heterocycles. The Morgan fingerprint density at radius 1 is 1.00 bits per heavy atom. The highest BCUT2D eigenvalue weighted by Crippen LogP contribution is 2.42. The number of Topliss-reactive ketones (excluding diaryl/α,β-unsaturated/α-hetero) is 1. The number of hydrogen-bond donors (Lipinski definition) is 1. The molecule has 1 aromatic heterocycles. The van der Waals surface area contributed by atoms with Gasteiger partial charge in [-0.05, 0) is 42.0 Å². The minimum Gasteiger partial charge on any atom is -0.507 e. The molecule has 1 N–H and O–H groups in total. The summed E-state index contributed by atoms with van der Waals surface area (Å²) >= 11 is 1.04. The van der Waals surface area contributed by atoms with Crippen molar-refractivity contribution in [2.24, 2.45) is 0 Å². The molecule has 3 aromatic rings. The number of anilines is 1. The first-order valence-corrected chi connectivity index (χ1v) is 8.94. The van der Waals surface area contributed by atoms with Crippen LogP contribution in [0.25, 0.3) is 5.76 Å². The lowest BCUT2D eigenvalue weighted by Crippen LogP contribution is -2.29. The van der Waals surface area contributed by atoms with Crippen LogP contribution in [0.2, 0.25) is 0 Å². The van der Waals surface area contributed by atoms with Crippen molar-refractivity contribution < 1.29 is 23.5 Å². The Kier molecular flexibility index (Phi) is 4.44. The van der Waals surface area contributed by atoms with Crippen LogP contribution in [0.15, 0.2) is 59.6 Å². The summed E-state index contributed by atoms with van der Waals surface area (Å²) in [6.45, 7) is 0. The van der Waals surface area contributed by atoms with Gasteiger partial charge >= 0.3 is 5.91 Å². The number of carbonyl (C=O) groups is 2. The third-order valence-corrected chi connectivity index (χ3v) is 4.99. The molecule has 1 atom stereocenters. The molecule has 0 unspecified atom stereocenters. The molecule has 0 spiro atoms. The zero-order chi connectivity index (χ0) is 19.8. The molecule has 28 heavy (non-hydrogen) atoms. The van der Waals surface area contributed by atoms with E-state index in [-0.39, 0.29) is 16.3 Å². The van der Waals surface area contributed by atoms with Gasteiger partial charge in [0.15, 0.2) is 0 Å². The summed E-state index contributed by atoms with van der Waals surface area (Å²) < 4.78 is 26.6. The van der Waals surface area contributed by atoms with E-state index in [0.29, 0.717) is 5.56 Å². The van der Waals surface area contributed by atoms with Crippen molar-refractivity contribution in [3.8, 4) is 0 Å². The van der Waals surface area contributed by atoms with Crippen molar-refractivity contribution in [1.82, 2.24) is 10.2 Å². The van der Waals surface area contributed by atoms with Gasteiger partial charge in [0.1, 0.15) is 22.9 Å². The molecular formula is C19H11F2N3O3S. The predicted octanol–water partition coefficient (Wildman–Crippen LogP) is 3.44. The second kappa shape index (κ2) is 6.93. The van der Waals surface area contributed by atoms with Crippen LogP contribution in [0.5, 0.6) is 0 Å². The molecular weight excluding hydrogens is 388 g/mol. The molecule has 0 radical (unpaired) electrons.